The van der Waals surface area contributed by atoms with Gasteiger partial charge in [-0.25, -0.2) is 4.98 Å². The summed E-state index contributed by atoms with van der Waals surface area (Å²) in [7, 11) is 1.59. The van der Waals surface area contributed by atoms with E-state index in [0.717, 1.165) is 43.7 Å². The van der Waals surface area contributed by atoms with E-state index in [0.29, 0.717) is 52.0 Å². The maximum Gasteiger partial charge on any atom is 0.265 e. The number of amides is 1. The van der Waals surface area contributed by atoms with Crippen LogP contribution in [0.3, 0.4) is 0 Å². The molecule has 1 atom stereocenters. The van der Waals surface area contributed by atoms with Crippen LogP contribution in [-0.2, 0) is 0 Å². The van der Waals surface area contributed by atoms with Crippen molar-refractivity contribution < 1.29 is 19.0 Å². The minimum atomic E-state index is -0.0860. The van der Waals surface area contributed by atoms with Gasteiger partial charge in [-0.05, 0) is 81.0 Å². The maximum absolute atomic E-state index is 13.1. The summed E-state index contributed by atoms with van der Waals surface area (Å²) in [5, 5.41) is 0.593. The fourth-order valence-corrected chi connectivity index (χ4v) is 6.14. The van der Waals surface area contributed by atoms with Gasteiger partial charge in [0, 0.05) is 18.8 Å². The van der Waals surface area contributed by atoms with Gasteiger partial charge in [0.2, 0.25) is 0 Å². The molecular weight excluding hydrogens is 532 g/mol. The summed E-state index contributed by atoms with van der Waals surface area (Å²) in [6.07, 6.45) is 5.58. The molecule has 0 unspecified atom stereocenters. The molecule has 0 bridgehead atoms. The highest BCUT2D eigenvalue weighted by Gasteiger charge is 2.35. The highest BCUT2D eigenvalue weighted by atomic mass is 16.5. The zero-order chi connectivity index (χ0) is 28.8. The lowest BCUT2D eigenvalue weighted by molar-refractivity contribution is 0.0369. The van der Waals surface area contributed by atoms with Gasteiger partial charge in [-0.3, -0.25) is 19.1 Å². The van der Waals surface area contributed by atoms with Gasteiger partial charge in [0.25, 0.3) is 11.5 Å². The Morgan fingerprint density at radius 1 is 1.00 bits per heavy atom. The molecule has 2 fully saturated rings. The first kappa shape index (κ1) is 26.3. The Balaban J connectivity index is 0.971. The van der Waals surface area contributed by atoms with Crippen molar-refractivity contribution in [2.24, 2.45) is 10.9 Å². The predicted octanol–water partition coefficient (Wildman–Crippen LogP) is 5.26. The molecule has 1 saturated carbocycles. The molecule has 1 aliphatic carbocycles. The molecule has 7 rings (SSSR count). The molecule has 0 radical (unpaired) electrons. The highest BCUT2D eigenvalue weighted by Crippen LogP contribution is 2.41. The van der Waals surface area contributed by atoms with Crippen LogP contribution in [0.1, 0.15) is 41.9 Å². The summed E-state index contributed by atoms with van der Waals surface area (Å²) in [6, 6.07) is 18.6. The Morgan fingerprint density at radius 3 is 2.62 bits per heavy atom. The van der Waals surface area contributed by atoms with Crippen LogP contribution in [0.2, 0.25) is 0 Å². The van der Waals surface area contributed by atoms with Gasteiger partial charge in [-0.15, -0.1) is 0 Å². The third-order valence-electron chi connectivity index (χ3n) is 8.47. The van der Waals surface area contributed by atoms with E-state index in [2.05, 4.69) is 9.98 Å². The van der Waals surface area contributed by atoms with Crippen molar-refractivity contribution in [2.75, 3.05) is 20.3 Å². The number of hydrogen-bond donors (Lipinski definition) is 0. The summed E-state index contributed by atoms with van der Waals surface area (Å²) < 4.78 is 19.6. The number of aliphatic imine (C=N–C) groups is 1. The maximum atomic E-state index is 13.1. The first-order chi connectivity index (χ1) is 20.5. The third-order valence-corrected chi connectivity index (χ3v) is 8.47. The molecule has 3 aromatic carbocycles. The molecule has 2 aliphatic heterocycles. The van der Waals surface area contributed by atoms with Crippen LogP contribution in [0.25, 0.3) is 16.6 Å². The van der Waals surface area contributed by atoms with Crippen LogP contribution in [0, 0.1) is 12.8 Å². The lowest BCUT2D eigenvalue weighted by Crippen LogP contribution is -2.37. The second kappa shape index (κ2) is 10.6. The first-order valence-corrected chi connectivity index (χ1v) is 14.4. The highest BCUT2D eigenvalue weighted by molar-refractivity contribution is 6.03. The average Bonchev–Trinajstić information content (AvgIpc) is 3.41. The summed E-state index contributed by atoms with van der Waals surface area (Å²) in [6.45, 7) is 3.17. The Hall–Kier alpha value is -4.66. The number of methoxy groups -OCH3 is 1. The lowest BCUT2D eigenvalue weighted by atomic mass is 9.83. The van der Waals surface area contributed by atoms with Gasteiger partial charge in [0.1, 0.15) is 11.6 Å². The van der Waals surface area contributed by atoms with Gasteiger partial charge in [-0.2, -0.15) is 0 Å². The largest absolute Gasteiger partial charge is 0.493 e. The minimum Gasteiger partial charge on any atom is -0.493 e. The van der Waals surface area contributed by atoms with Gasteiger partial charge in [0.15, 0.2) is 11.5 Å². The molecule has 3 aliphatic rings. The molecule has 4 aromatic rings. The van der Waals surface area contributed by atoms with E-state index in [9.17, 15) is 9.59 Å². The molecule has 3 heterocycles. The standard InChI is InChI=1S/C33H32N4O5/c1-20-35-28-8-4-3-7-26(28)33(39)37(20)22-9-11-24(12-10-22)41-19-21-14-25(15-21)42-31-17-29-27(16-30(31)40-2)32(38)36-13-5-6-23(36)18-34-29/h3-4,7-12,16-18,21,23,25H,5-6,13-15,19H2,1-2H3/t21?,23-,25?/m0/s1. The summed E-state index contributed by atoms with van der Waals surface area (Å²) in [5.74, 6) is 2.90. The van der Waals surface area contributed by atoms with Crippen LogP contribution in [0.5, 0.6) is 17.2 Å². The number of aromatic nitrogens is 2. The monoisotopic (exact) mass is 564 g/mol. The Morgan fingerprint density at radius 2 is 1.81 bits per heavy atom. The zero-order valence-corrected chi connectivity index (χ0v) is 23.7. The number of hydrogen-bond acceptors (Lipinski definition) is 7. The van der Waals surface area contributed by atoms with E-state index in [1.54, 1.807) is 23.8 Å². The van der Waals surface area contributed by atoms with Gasteiger partial charge in [-0.1, -0.05) is 12.1 Å². The molecule has 9 nitrogen and oxygen atoms in total. The quantitative estimate of drug-likeness (QED) is 0.304. The Bertz CT molecular complexity index is 1760. The van der Waals surface area contributed by atoms with Crippen molar-refractivity contribution in [1.29, 1.82) is 0 Å². The van der Waals surface area contributed by atoms with Crippen molar-refractivity contribution >= 4 is 28.7 Å². The van der Waals surface area contributed by atoms with Gasteiger partial charge < -0.3 is 19.1 Å². The van der Waals surface area contributed by atoms with Crippen molar-refractivity contribution in [1.82, 2.24) is 14.5 Å². The molecule has 214 valence electrons. The van der Waals surface area contributed by atoms with E-state index in [1.165, 1.54) is 0 Å². The number of aryl methyl sites for hydroxylation is 1. The fourth-order valence-electron chi connectivity index (χ4n) is 6.14. The van der Waals surface area contributed by atoms with Gasteiger partial charge in [0.05, 0.1) is 53.7 Å². The Kier molecular flexibility index (Phi) is 6.64. The topological polar surface area (TPSA) is 95.2 Å². The third kappa shape index (κ3) is 4.68. The first-order valence-electron chi connectivity index (χ1n) is 14.4. The number of rotatable bonds is 7. The molecule has 9 heteroatoms. The smallest absolute Gasteiger partial charge is 0.265 e. The summed E-state index contributed by atoms with van der Waals surface area (Å²) in [4.78, 5) is 37.3. The number of ether oxygens (including phenoxy) is 3. The number of benzene rings is 3. The normalized spacial score (nSPS) is 21.0. The number of nitrogens with zero attached hydrogens (tertiary/aromatic N) is 4. The Labute approximate surface area is 243 Å². The van der Waals surface area contributed by atoms with Crippen molar-refractivity contribution in [3.63, 3.8) is 0 Å². The van der Waals surface area contributed by atoms with E-state index in [-0.39, 0.29) is 23.6 Å². The molecule has 1 amide bonds. The van der Waals surface area contributed by atoms with Crippen LogP contribution >= 0.6 is 0 Å². The fraction of sp³-hybridized carbons (Fsp3) is 0.333. The average molecular weight is 565 g/mol. The van der Waals surface area contributed by atoms with Crippen LogP contribution in [0.4, 0.5) is 5.69 Å². The molecule has 42 heavy (non-hydrogen) atoms. The second-order valence-corrected chi connectivity index (χ2v) is 11.2. The predicted molar refractivity (Wildman–Crippen MR) is 160 cm³/mol. The molecule has 1 aromatic heterocycles. The number of fused-ring (bicyclic) bond motifs is 3. The van der Waals surface area contributed by atoms with Crippen LogP contribution in [0.15, 0.2) is 70.5 Å². The van der Waals surface area contributed by atoms with Crippen molar-refractivity contribution in [2.45, 2.75) is 44.8 Å². The number of para-hydroxylation sites is 1. The van der Waals surface area contributed by atoms with Crippen LogP contribution < -0.4 is 19.8 Å². The van der Waals surface area contributed by atoms with Crippen LogP contribution in [-0.4, -0.2) is 59.0 Å². The number of carbonyl (C=O) groups excluding carboxylic acids is 1. The van der Waals surface area contributed by atoms with E-state index in [1.807, 2.05) is 66.6 Å². The zero-order valence-electron chi connectivity index (χ0n) is 23.7. The molecular formula is C33H32N4O5. The van der Waals surface area contributed by atoms with E-state index in [4.69, 9.17) is 14.2 Å². The summed E-state index contributed by atoms with van der Waals surface area (Å²) in [5.41, 5.74) is 2.55. The van der Waals surface area contributed by atoms with E-state index < -0.39 is 0 Å². The number of carbonyl (C=O) groups is 1. The molecule has 1 saturated heterocycles. The van der Waals surface area contributed by atoms with Gasteiger partial charge >= 0.3 is 0 Å². The second-order valence-electron chi connectivity index (χ2n) is 11.2. The SMILES string of the molecule is COc1cc2c(cc1OC1CC(COc3ccc(-n4c(C)nc5ccccc5c4=O)cc3)C1)N=C[C@@H]1CCCN1C2=O. The van der Waals surface area contributed by atoms with Crippen molar-refractivity contribution in [3.8, 4) is 22.9 Å². The van der Waals surface area contributed by atoms with Crippen molar-refractivity contribution in [3.05, 3.63) is 82.4 Å². The van der Waals surface area contributed by atoms with E-state index >= 15 is 0 Å². The molecule has 0 spiro atoms. The minimum absolute atomic E-state index is 0.000124. The summed E-state index contributed by atoms with van der Waals surface area (Å²) >= 11 is 0. The molecule has 0 N–H and O–H groups in total. The lowest BCUT2D eigenvalue weighted by Gasteiger charge is -2.35.